The van der Waals surface area contributed by atoms with Crippen LogP contribution >= 0.6 is 22.7 Å². The van der Waals surface area contributed by atoms with Gasteiger partial charge >= 0.3 is 141 Å². The summed E-state index contributed by atoms with van der Waals surface area (Å²) in [5.41, 5.74) is 3.31. The molecule has 108 valence electrons. The molecule has 0 fully saturated rings. The van der Waals surface area contributed by atoms with Gasteiger partial charge in [-0.05, 0) is 0 Å². The Morgan fingerprint density at radius 3 is 1.35 bits per heavy atom. The van der Waals surface area contributed by atoms with E-state index in [-0.39, 0.29) is 0 Å². The molecule has 0 amide bonds. The minimum atomic E-state index is -1.90. The van der Waals surface area contributed by atoms with Gasteiger partial charge in [0.2, 0.25) is 0 Å². The Bertz CT molecular complexity index is 593. The van der Waals surface area contributed by atoms with E-state index in [1.807, 2.05) is 0 Å². The zero-order chi connectivity index (χ0) is 14.7. The number of hydrogen-bond donors (Lipinski definition) is 0. The van der Waals surface area contributed by atoms with Crippen molar-refractivity contribution in [2.24, 2.45) is 0 Å². The summed E-state index contributed by atoms with van der Waals surface area (Å²) in [6.07, 6.45) is 2.55. The van der Waals surface area contributed by atoms with Crippen molar-refractivity contribution in [2.75, 3.05) is 0 Å². The Morgan fingerprint density at radius 1 is 0.700 bits per heavy atom. The molecule has 3 rings (SSSR count). The fourth-order valence-corrected chi connectivity index (χ4v) is 15.8. The molecule has 0 nitrogen and oxygen atoms in total. The Morgan fingerprint density at radius 2 is 1.05 bits per heavy atom. The topological polar surface area (TPSA) is 0 Å². The fourth-order valence-electron chi connectivity index (χ4n) is 2.62. The van der Waals surface area contributed by atoms with Gasteiger partial charge in [0.15, 0.2) is 0 Å². The first kappa shape index (κ1) is 15.9. The van der Waals surface area contributed by atoms with Crippen LogP contribution < -0.4 is 5.79 Å². The Balaban J connectivity index is 2.11. The standard InChI is InChI=1S/C10H6S2.6CH3.2Sn/c1-2-8-4-6-12-10(8)9-7(1)3-5-11-9;;;;;;;;/h3-4H,1-2H2;6*1H3;;. The monoisotopic (exact) mass is 520 g/mol. The molecule has 0 aliphatic heterocycles. The van der Waals surface area contributed by atoms with Gasteiger partial charge in [-0.1, -0.05) is 0 Å². The Kier molecular flexibility index (Phi) is 4.19. The zero-order valence-corrected chi connectivity index (χ0v) is 20.7. The van der Waals surface area contributed by atoms with Crippen LogP contribution in [0, 0.1) is 0 Å². The van der Waals surface area contributed by atoms with Crippen LogP contribution in [-0.4, -0.2) is 36.8 Å². The molecule has 0 saturated heterocycles. The molecule has 0 N–H and O–H groups in total. The number of thiophene rings is 2. The van der Waals surface area contributed by atoms with Gasteiger partial charge in [-0.25, -0.2) is 0 Å². The van der Waals surface area contributed by atoms with Crippen LogP contribution in [-0.2, 0) is 12.8 Å². The second-order valence-corrected chi connectivity index (χ2v) is 40.9. The first-order valence-electron chi connectivity index (χ1n) is 7.43. The normalized spacial score (nSPS) is 15.1. The molecule has 0 saturated carbocycles. The Labute approximate surface area is 139 Å². The summed E-state index contributed by atoms with van der Waals surface area (Å²) in [6.45, 7) is 0. The molecule has 2 aromatic heterocycles. The number of rotatable bonds is 2. The van der Waals surface area contributed by atoms with Gasteiger partial charge in [0.1, 0.15) is 0 Å². The van der Waals surface area contributed by atoms with Gasteiger partial charge in [-0.15, -0.1) is 0 Å². The minimum absolute atomic E-state index is 1.27. The van der Waals surface area contributed by atoms with E-state index in [1.165, 1.54) is 12.8 Å². The molecule has 1 aliphatic rings. The second-order valence-electron chi connectivity index (χ2n) is 7.93. The third-order valence-electron chi connectivity index (χ3n) is 3.97. The van der Waals surface area contributed by atoms with Gasteiger partial charge < -0.3 is 0 Å². The predicted octanol–water partition coefficient (Wildman–Crippen LogP) is 4.67. The summed E-state index contributed by atoms with van der Waals surface area (Å²) in [5, 5.41) is 0. The molecule has 20 heavy (non-hydrogen) atoms. The van der Waals surface area contributed by atoms with E-state index >= 15 is 0 Å². The van der Waals surface area contributed by atoms with Crippen LogP contribution in [0.5, 0.6) is 0 Å². The average molecular weight is 518 g/mol. The van der Waals surface area contributed by atoms with Gasteiger partial charge in [0, 0.05) is 0 Å². The van der Waals surface area contributed by atoms with Crippen molar-refractivity contribution < 1.29 is 0 Å². The summed E-state index contributed by atoms with van der Waals surface area (Å²) >= 11 is 0.464. The van der Waals surface area contributed by atoms with E-state index in [0.717, 1.165) is 0 Å². The number of hydrogen-bond acceptors (Lipinski definition) is 2. The van der Waals surface area contributed by atoms with Crippen molar-refractivity contribution in [3.05, 3.63) is 23.3 Å². The van der Waals surface area contributed by atoms with E-state index < -0.39 is 36.8 Å². The molecule has 0 aromatic carbocycles. The fraction of sp³-hybridized carbons (Fsp3) is 0.500. The Hall–Kier alpha value is 0.997. The summed E-state index contributed by atoms with van der Waals surface area (Å²) in [6, 6.07) is 5.14. The maximum absolute atomic E-state index is 2.57. The van der Waals surface area contributed by atoms with Gasteiger partial charge in [-0.3, -0.25) is 0 Å². The van der Waals surface area contributed by atoms with Gasteiger partial charge in [0.25, 0.3) is 0 Å². The van der Waals surface area contributed by atoms with Crippen molar-refractivity contribution in [1.82, 2.24) is 0 Å². The first-order valence-corrected chi connectivity index (χ1v) is 29.0. The van der Waals surface area contributed by atoms with E-state index in [1.54, 1.807) is 26.7 Å². The summed E-state index contributed by atoms with van der Waals surface area (Å²) in [5.74, 6) is 0. The predicted molar refractivity (Wildman–Crippen MR) is 101 cm³/mol. The average Bonchev–Trinajstić information content (AvgIpc) is 2.90. The van der Waals surface area contributed by atoms with Crippen molar-refractivity contribution in [3.63, 3.8) is 0 Å². The zero-order valence-electron chi connectivity index (χ0n) is 13.4. The van der Waals surface area contributed by atoms with Crippen molar-refractivity contribution >= 4 is 65.2 Å². The molecule has 2 aromatic rings. The third-order valence-corrected chi connectivity index (χ3v) is 25.3. The molecule has 0 spiro atoms. The van der Waals surface area contributed by atoms with Crippen LogP contribution in [0.25, 0.3) is 9.75 Å². The molecule has 2 heterocycles. The molecule has 1 aliphatic carbocycles. The maximum atomic E-state index is 2.57. The summed E-state index contributed by atoms with van der Waals surface area (Å²) in [4.78, 5) is 18.5. The number of fused-ring (bicyclic) bond motifs is 3. The van der Waals surface area contributed by atoms with Crippen LogP contribution in [0.15, 0.2) is 12.1 Å². The first-order chi connectivity index (χ1) is 9.16. The molecule has 0 unspecified atom stereocenters. The van der Waals surface area contributed by atoms with Crippen LogP contribution in [0.2, 0.25) is 29.6 Å². The second kappa shape index (κ2) is 5.27. The molecular formula is C16H24S2Sn2. The van der Waals surface area contributed by atoms with E-state index in [0.29, 0.717) is 0 Å². The molecular weight excluding hydrogens is 494 g/mol. The molecule has 4 heteroatoms. The molecule has 0 bridgehead atoms. The van der Waals surface area contributed by atoms with E-state index in [9.17, 15) is 0 Å². The van der Waals surface area contributed by atoms with Gasteiger partial charge in [-0.2, -0.15) is 0 Å². The molecule has 0 atom stereocenters. The van der Waals surface area contributed by atoms with Crippen molar-refractivity contribution in [3.8, 4) is 9.75 Å². The van der Waals surface area contributed by atoms with E-state index in [2.05, 4.69) is 64.4 Å². The molecule has 0 radical (unpaired) electrons. The summed E-state index contributed by atoms with van der Waals surface area (Å²) < 4.78 is 3.51. The van der Waals surface area contributed by atoms with Crippen LogP contribution in [0.1, 0.15) is 11.1 Å². The van der Waals surface area contributed by atoms with E-state index in [4.69, 9.17) is 0 Å². The van der Waals surface area contributed by atoms with Gasteiger partial charge in [0.05, 0.1) is 0 Å². The van der Waals surface area contributed by atoms with Crippen LogP contribution in [0.3, 0.4) is 0 Å². The van der Waals surface area contributed by atoms with Crippen molar-refractivity contribution in [2.45, 2.75) is 42.5 Å². The summed E-state index contributed by atoms with van der Waals surface area (Å²) in [7, 11) is 0. The van der Waals surface area contributed by atoms with Crippen molar-refractivity contribution in [1.29, 1.82) is 0 Å². The third kappa shape index (κ3) is 2.91. The number of aryl methyl sites for hydroxylation is 2. The van der Waals surface area contributed by atoms with Crippen LogP contribution in [0.4, 0.5) is 0 Å². The quantitative estimate of drug-likeness (QED) is 0.508. The SMILES string of the molecule is [CH3][Sn]([CH3])([CH3])[c]1cc2c(s1)-c1s[c]([Sn]([CH3])([CH3])[CH3])cc1CC2.